The Balaban J connectivity index is 1.79. The minimum Gasteiger partial charge on any atom is -0.340 e. The minimum absolute atomic E-state index is 0.00880. The van der Waals surface area contributed by atoms with Crippen LogP contribution in [-0.4, -0.2) is 60.5 Å². The molecule has 104 valence electrons. The number of nitrogens with zero attached hydrogens (tertiary/aromatic N) is 2. The lowest BCUT2D eigenvalue weighted by atomic mass is 9.95. The van der Waals surface area contributed by atoms with Gasteiger partial charge in [-0.25, -0.2) is 0 Å². The maximum Gasteiger partial charge on any atom is 0.239 e. The average Bonchev–Trinajstić information content (AvgIpc) is 2.36. The van der Waals surface area contributed by atoms with Gasteiger partial charge >= 0.3 is 0 Å². The third-order valence-corrected chi connectivity index (χ3v) is 4.37. The third-order valence-electron chi connectivity index (χ3n) is 4.37. The summed E-state index contributed by atoms with van der Waals surface area (Å²) in [5.74, 6) is 0.988. The van der Waals surface area contributed by atoms with Crippen molar-refractivity contribution in [2.75, 3.05) is 32.7 Å². The van der Waals surface area contributed by atoms with Crippen molar-refractivity contribution in [1.82, 2.24) is 15.1 Å². The predicted molar refractivity (Wildman–Crippen MR) is 73.5 cm³/mol. The van der Waals surface area contributed by atoms with Gasteiger partial charge in [-0.3, -0.25) is 4.79 Å². The summed E-state index contributed by atoms with van der Waals surface area (Å²) in [6, 6.07) is 0.668. The molecule has 1 unspecified atom stereocenters. The minimum atomic E-state index is 0.00880. The van der Waals surface area contributed by atoms with Crippen molar-refractivity contribution in [2.24, 2.45) is 5.92 Å². The molecule has 0 radical (unpaired) electrons. The first-order chi connectivity index (χ1) is 8.58. The van der Waals surface area contributed by atoms with E-state index in [4.69, 9.17) is 0 Å². The van der Waals surface area contributed by atoms with Crippen LogP contribution in [0.5, 0.6) is 0 Å². The number of piperidine rings is 1. The van der Waals surface area contributed by atoms with Gasteiger partial charge < -0.3 is 15.1 Å². The van der Waals surface area contributed by atoms with Crippen molar-refractivity contribution in [2.45, 2.75) is 45.7 Å². The molecule has 0 aromatic rings. The first kappa shape index (κ1) is 13.8. The van der Waals surface area contributed by atoms with Crippen LogP contribution in [0, 0.1) is 5.92 Å². The first-order valence-electron chi connectivity index (χ1n) is 7.34. The van der Waals surface area contributed by atoms with Crippen LogP contribution in [0.3, 0.4) is 0 Å². The molecule has 2 saturated heterocycles. The SMILES string of the molecule is CC1NCCN(CC2CCN(C(C)C)CC2)C1=O. The zero-order valence-corrected chi connectivity index (χ0v) is 12.0. The van der Waals surface area contributed by atoms with E-state index >= 15 is 0 Å². The molecule has 0 aromatic heterocycles. The molecule has 18 heavy (non-hydrogen) atoms. The van der Waals surface area contributed by atoms with E-state index in [2.05, 4.69) is 29.0 Å². The van der Waals surface area contributed by atoms with Gasteiger partial charge in [-0.2, -0.15) is 0 Å². The van der Waals surface area contributed by atoms with Crippen LogP contribution in [0.2, 0.25) is 0 Å². The van der Waals surface area contributed by atoms with Crippen molar-refractivity contribution < 1.29 is 4.79 Å². The van der Waals surface area contributed by atoms with E-state index in [1.165, 1.54) is 25.9 Å². The molecule has 0 bridgehead atoms. The average molecular weight is 253 g/mol. The van der Waals surface area contributed by atoms with Crippen LogP contribution >= 0.6 is 0 Å². The Labute approximate surface area is 111 Å². The molecule has 2 heterocycles. The summed E-state index contributed by atoms with van der Waals surface area (Å²) in [5, 5.41) is 3.22. The fourth-order valence-corrected chi connectivity index (χ4v) is 3.03. The van der Waals surface area contributed by atoms with Crippen LogP contribution < -0.4 is 5.32 Å². The molecule has 1 N–H and O–H groups in total. The van der Waals surface area contributed by atoms with Crippen LogP contribution in [0.15, 0.2) is 0 Å². The molecule has 0 saturated carbocycles. The molecule has 2 rings (SSSR count). The number of carbonyl (C=O) groups is 1. The second kappa shape index (κ2) is 6.02. The van der Waals surface area contributed by atoms with Crippen molar-refractivity contribution in [3.05, 3.63) is 0 Å². The lowest BCUT2D eigenvalue weighted by Gasteiger charge is -2.38. The molecule has 0 aromatic carbocycles. The van der Waals surface area contributed by atoms with E-state index in [9.17, 15) is 4.79 Å². The van der Waals surface area contributed by atoms with Crippen LogP contribution in [0.25, 0.3) is 0 Å². The Bertz CT molecular complexity index is 285. The summed E-state index contributed by atoms with van der Waals surface area (Å²) in [4.78, 5) is 16.6. The molecule has 4 nitrogen and oxygen atoms in total. The van der Waals surface area contributed by atoms with Gasteiger partial charge in [0.05, 0.1) is 6.04 Å². The Kier molecular flexibility index (Phi) is 4.62. The van der Waals surface area contributed by atoms with E-state index < -0.39 is 0 Å². The van der Waals surface area contributed by atoms with Crippen LogP contribution in [0.4, 0.5) is 0 Å². The van der Waals surface area contributed by atoms with E-state index in [1.807, 2.05) is 6.92 Å². The van der Waals surface area contributed by atoms with Crippen molar-refractivity contribution in [3.8, 4) is 0 Å². The Hall–Kier alpha value is -0.610. The Morgan fingerprint density at radius 2 is 1.94 bits per heavy atom. The number of carbonyl (C=O) groups excluding carboxylic acids is 1. The van der Waals surface area contributed by atoms with Gasteiger partial charge in [-0.1, -0.05) is 0 Å². The molecule has 0 aliphatic carbocycles. The molecule has 2 fully saturated rings. The number of hydrogen-bond acceptors (Lipinski definition) is 3. The number of hydrogen-bond donors (Lipinski definition) is 1. The monoisotopic (exact) mass is 253 g/mol. The second-order valence-corrected chi connectivity index (χ2v) is 6.03. The quantitative estimate of drug-likeness (QED) is 0.812. The van der Waals surface area contributed by atoms with E-state index in [0.717, 1.165) is 19.6 Å². The number of nitrogens with one attached hydrogen (secondary N) is 1. The standard InChI is InChI=1S/C14H27N3O/c1-11(2)16-7-4-13(5-8-16)10-17-9-6-15-12(3)14(17)18/h11-13,15H,4-10H2,1-3H3. The normalized spacial score (nSPS) is 28.1. The summed E-state index contributed by atoms with van der Waals surface area (Å²) < 4.78 is 0. The smallest absolute Gasteiger partial charge is 0.239 e. The van der Waals surface area contributed by atoms with Crippen molar-refractivity contribution >= 4 is 5.91 Å². The summed E-state index contributed by atoms with van der Waals surface area (Å²) in [6.07, 6.45) is 2.48. The Morgan fingerprint density at radius 3 is 2.56 bits per heavy atom. The summed E-state index contributed by atoms with van der Waals surface area (Å²) in [7, 11) is 0. The number of likely N-dealkylation sites (tertiary alicyclic amines) is 1. The zero-order valence-electron chi connectivity index (χ0n) is 12.0. The predicted octanol–water partition coefficient (Wildman–Crippen LogP) is 0.927. The van der Waals surface area contributed by atoms with Gasteiger partial charge in [0.2, 0.25) is 5.91 Å². The fourth-order valence-electron chi connectivity index (χ4n) is 3.03. The fraction of sp³-hybridized carbons (Fsp3) is 0.929. The van der Waals surface area contributed by atoms with E-state index in [1.54, 1.807) is 0 Å². The maximum atomic E-state index is 12.0. The molecule has 1 amide bonds. The van der Waals surface area contributed by atoms with Gasteiger partial charge in [0.1, 0.15) is 0 Å². The van der Waals surface area contributed by atoms with Gasteiger partial charge in [0, 0.05) is 25.7 Å². The molecular weight excluding hydrogens is 226 g/mol. The first-order valence-corrected chi connectivity index (χ1v) is 7.34. The summed E-state index contributed by atoms with van der Waals surface area (Å²) in [5.41, 5.74) is 0. The summed E-state index contributed by atoms with van der Waals surface area (Å²) >= 11 is 0. The zero-order chi connectivity index (χ0) is 13.1. The van der Waals surface area contributed by atoms with E-state index in [-0.39, 0.29) is 11.9 Å². The second-order valence-electron chi connectivity index (χ2n) is 6.03. The van der Waals surface area contributed by atoms with E-state index in [0.29, 0.717) is 12.0 Å². The molecule has 2 aliphatic rings. The topological polar surface area (TPSA) is 35.6 Å². The van der Waals surface area contributed by atoms with Crippen molar-refractivity contribution in [3.63, 3.8) is 0 Å². The van der Waals surface area contributed by atoms with Gasteiger partial charge in [0.15, 0.2) is 0 Å². The van der Waals surface area contributed by atoms with Gasteiger partial charge in [0.25, 0.3) is 0 Å². The number of rotatable bonds is 3. The molecule has 4 heteroatoms. The Morgan fingerprint density at radius 1 is 1.28 bits per heavy atom. The molecular formula is C14H27N3O. The highest BCUT2D eigenvalue weighted by Gasteiger charge is 2.28. The largest absolute Gasteiger partial charge is 0.340 e. The lowest BCUT2D eigenvalue weighted by molar-refractivity contribution is -0.136. The van der Waals surface area contributed by atoms with Gasteiger partial charge in [-0.15, -0.1) is 0 Å². The van der Waals surface area contributed by atoms with Crippen LogP contribution in [0.1, 0.15) is 33.6 Å². The molecule has 0 spiro atoms. The molecule has 1 atom stereocenters. The number of piperazine rings is 1. The van der Waals surface area contributed by atoms with Crippen molar-refractivity contribution in [1.29, 1.82) is 0 Å². The highest BCUT2D eigenvalue weighted by molar-refractivity contribution is 5.82. The third kappa shape index (κ3) is 3.23. The highest BCUT2D eigenvalue weighted by atomic mass is 16.2. The summed E-state index contributed by atoms with van der Waals surface area (Å²) in [6.45, 7) is 11.7. The van der Waals surface area contributed by atoms with Gasteiger partial charge in [-0.05, 0) is 52.6 Å². The lowest BCUT2D eigenvalue weighted by Crippen LogP contribution is -2.55. The highest BCUT2D eigenvalue weighted by Crippen LogP contribution is 2.20. The molecule has 2 aliphatic heterocycles. The maximum absolute atomic E-state index is 12.0. The number of amides is 1. The van der Waals surface area contributed by atoms with Crippen LogP contribution in [-0.2, 0) is 4.79 Å².